The molecule has 1 amide bonds. The fraction of sp³-hybridized carbons (Fsp3) is 0.419. The molecule has 0 unspecified atom stereocenters. The first kappa shape index (κ1) is 27.8. The molecule has 0 bridgehead atoms. The lowest BCUT2D eigenvalue weighted by atomic mass is 10.1. The molecule has 2 aliphatic heterocycles. The molecule has 2 N–H and O–H groups in total. The highest BCUT2D eigenvalue weighted by atomic mass is 16.1. The second-order valence-electron chi connectivity index (χ2n) is 11.2. The van der Waals surface area contributed by atoms with Crippen molar-refractivity contribution < 1.29 is 4.79 Å². The highest BCUT2D eigenvalue weighted by Crippen LogP contribution is 2.25. The topological polar surface area (TPSA) is 97.2 Å². The van der Waals surface area contributed by atoms with Gasteiger partial charge in [-0.25, -0.2) is 9.50 Å². The van der Waals surface area contributed by atoms with Crippen LogP contribution >= 0.6 is 0 Å². The van der Waals surface area contributed by atoms with E-state index in [1.54, 1.807) is 10.7 Å². The monoisotopic (exact) mass is 568 g/mol. The zero-order chi connectivity index (χ0) is 29.1. The molecule has 11 nitrogen and oxygen atoms in total. The maximum atomic E-state index is 13.0. The van der Waals surface area contributed by atoms with Gasteiger partial charge in [0.25, 0.3) is 5.91 Å². The van der Waals surface area contributed by atoms with Crippen molar-refractivity contribution in [3.63, 3.8) is 0 Å². The molecule has 6 rings (SSSR count). The molecule has 2 saturated heterocycles. The number of rotatable bonds is 8. The molecule has 0 spiro atoms. The molecule has 4 heterocycles. The Hall–Kier alpha value is -4.38. The Balaban J connectivity index is 1.14. The molecule has 11 heteroatoms. The van der Waals surface area contributed by atoms with Crippen molar-refractivity contribution in [1.82, 2.24) is 29.8 Å². The van der Waals surface area contributed by atoms with Crippen LogP contribution in [0.5, 0.6) is 0 Å². The Morgan fingerprint density at radius 1 is 1.00 bits per heavy atom. The van der Waals surface area contributed by atoms with Gasteiger partial charge in [0.1, 0.15) is 0 Å². The van der Waals surface area contributed by atoms with Crippen LogP contribution in [-0.2, 0) is 0 Å². The summed E-state index contributed by atoms with van der Waals surface area (Å²) in [5.41, 5.74) is 4.61. The smallest absolute Gasteiger partial charge is 0.251 e. The Bertz CT molecular complexity index is 1490. The van der Waals surface area contributed by atoms with E-state index in [0.29, 0.717) is 29.5 Å². The maximum absolute atomic E-state index is 13.0. The number of carbonyl (C=O) groups excluding carboxylic acids is 1. The van der Waals surface area contributed by atoms with Gasteiger partial charge in [-0.05, 0) is 75.3 Å². The van der Waals surface area contributed by atoms with Gasteiger partial charge in [-0.1, -0.05) is 0 Å². The second-order valence-corrected chi connectivity index (χ2v) is 11.2. The molecule has 2 fully saturated rings. The van der Waals surface area contributed by atoms with Crippen molar-refractivity contribution in [1.29, 1.82) is 0 Å². The molecular weight excluding hydrogens is 528 g/mol. The number of imidazole rings is 1. The average molecular weight is 569 g/mol. The first-order valence-electron chi connectivity index (χ1n) is 14.9. The van der Waals surface area contributed by atoms with Crippen molar-refractivity contribution in [3.05, 3.63) is 66.5 Å². The minimum atomic E-state index is -0.0547. The number of nitrogens with one attached hydrogen (secondary N) is 2. The largest absolute Gasteiger partial charge is 0.375 e. The maximum Gasteiger partial charge on any atom is 0.251 e. The normalized spacial score (nSPS) is 17.8. The zero-order valence-electron chi connectivity index (χ0n) is 24.7. The minimum absolute atomic E-state index is 0.00449. The molecule has 1 atom stereocenters. The highest BCUT2D eigenvalue weighted by Gasteiger charge is 2.25. The molecule has 0 radical (unpaired) electrons. The van der Waals surface area contributed by atoms with Gasteiger partial charge in [0.2, 0.25) is 5.95 Å². The number of carbonyl (C=O) groups is 1. The van der Waals surface area contributed by atoms with E-state index in [-0.39, 0.29) is 11.9 Å². The third-order valence-corrected chi connectivity index (χ3v) is 8.33. The van der Waals surface area contributed by atoms with Gasteiger partial charge in [-0.15, -0.1) is 5.10 Å². The molecule has 0 aliphatic carbocycles. The van der Waals surface area contributed by atoms with E-state index in [0.717, 1.165) is 63.5 Å². The van der Waals surface area contributed by atoms with Gasteiger partial charge in [-0.3, -0.25) is 4.79 Å². The standard InChI is InChI=1S/C31H40N10O/c1-4-38(3)26-11-7-23(8-12-26)30(42)34-25-6-5-16-40(22-25)31-35-28(29-32-15-17-41(29)36-31)33-24-9-13-27(14-10-24)39-20-18-37(2)19-21-39/h7-15,17,25H,4-6,16,18-22H2,1-3H3,(H,34,42)(H,33,35,36)/t25-/m0/s1. The lowest BCUT2D eigenvalue weighted by Gasteiger charge is -2.34. The van der Waals surface area contributed by atoms with Crippen LogP contribution < -0.4 is 25.3 Å². The van der Waals surface area contributed by atoms with Crippen LogP contribution in [0.25, 0.3) is 5.65 Å². The SMILES string of the molecule is CCN(C)c1ccc(C(=O)N[C@H]2CCCN(c3nc(Nc4ccc(N5CCN(C)CC5)cc4)c4nccn4n3)C2)cc1. The summed E-state index contributed by atoms with van der Waals surface area (Å²) >= 11 is 0. The van der Waals surface area contributed by atoms with Gasteiger partial charge in [0, 0.05) is 93.9 Å². The number of fused-ring (bicyclic) bond motifs is 1. The second kappa shape index (κ2) is 12.2. The van der Waals surface area contributed by atoms with Crippen molar-refractivity contribution in [3.8, 4) is 0 Å². The van der Waals surface area contributed by atoms with E-state index in [9.17, 15) is 4.79 Å². The van der Waals surface area contributed by atoms with Crippen molar-refractivity contribution in [2.45, 2.75) is 25.8 Å². The first-order chi connectivity index (χ1) is 20.5. The summed E-state index contributed by atoms with van der Waals surface area (Å²) in [4.78, 5) is 31.5. The van der Waals surface area contributed by atoms with Gasteiger partial charge < -0.3 is 30.2 Å². The van der Waals surface area contributed by atoms with E-state index in [1.807, 2.05) is 37.5 Å². The molecule has 2 aromatic carbocycles. The van der Waals surface area contributed by atoms with Crippen molar-refractivity contribution >= 4 is 40.4 Å². The number of piperidine rings is 1. The van der Waals surface area contributed by atoms with Crippen molar-refractivity contribution in [2.24, 2.45) is 0 Å². The van der Waals surface area contributed by atoms with Gasteiger partial charge >= 0.3 is 0 Å². The Morgan fingerprint density at radius 2 is 1.76 bits per heavy atom. The Morgan fingerprint density at radius 3 is 2.50 bits per heavy atom. The Kier molecular flexibility index (Phi) is 8.09. The summed E-state index contributed by atoms with van der Waals surface area (Å²) in [7, 11) is 4.21. The molecule has 2 aliphatic rings. The summed E-state index contributed by atoms with van der Waals surface area (Å²) in [6, 6.07) is 16.3. The van der Waals surface area contributed by atoms with E-state index in [2.05, 4.69) is 73.5 Å². The molecule has 42 heavy (non-hydrogen) atoms. The fourth-order valence-corrected chi connectivity index (χ4v) is 5.59. The summed E-state index contributed by atoms with van der Waals surface area (Å²) in [5, 5.41) is 11.4. The summed E-state index contributed by atoms with van der Waals surface area (Å²) in [6.45, 7) is 8.71. The number of nitrogens with zero attached hydrogens (tertiary/aromatic N) is 8. The molecule has 4 aromatic rings. The lowest BCUT2D eigenvalue weighted by Crippen LogP contribution is -2.48. The third-order valence-electron chi connectivity index (χ3n) is 8.33. The summed E-state index contributed by atoms with van der Waals surface area (Å²) < 4.78 is 1.76. The first-order valence-corrected chi connectivity index (χ1v) is 14.9. The van der Waals surface area contributed by atoms with Crippen LogP contribution in [-0.4, -0.2) is 96.3 Å². The number of likely N-dealkylation sites (N-methyl/N-ethyl adjacent to an activating group) is 1. The molecule has 220 valence electrons. The summed E-state index contributed by atoms with van der Waals surface area (Å²) in [6.07, 6.45) is 5.42. The van der Waals surface area contributed by atoms with E-state index in [4.69, 9.17) is 10.1 Å². The van der Waals surface area contributed by atoms with Crippen LogP contribution in [0, 0.1) is 0 Å². The zero-order valence-corrected chi connectivity index (χ0v) is 24.7. The number of amides is 1. The van der Waals surface area contributed by atoms with E-state index in [1.165, 1.54) is 5.69 Å². The molecule has 2 aromatic heterocycles. The quantitative estimate of drug-likeness (QED) is 0.331. The Labute approximate surface area is 247 Å². The lowest BCUT2D eigenvalue weighted by molar-refractivity contribution is 0.0933. The predicted octanol–water partition coefficient (Wildman–Crippen LogP) is 3.47. The number of piperazine rings is 1. The number of anilines is 5. The predicted molar refractivity (Wildman–Crippen MR) is 168 cm³/mol. The highest BCUT2D eigenvalue weighted by molar-refractivity contribution is 5.94. The summed E-state index contributed by atoms with van der Waals surface area (Å²) in [5.74, 6) is 1.21. The average Bonchev–Trinajstić information content (AvgIpc) is 3.51. The number of hydrogen-bond acceptors (Lipinski definition) is 9. The van der Waals surface area contributed by atoms with Crippen LogP contribution in [0.15, 0.2) is 60.9 Å². The molecule has 0 saturated carbocycles. The number of hydrogen-bond donors (Lipinski definition) is 2. The fourth-order valence-electron chi connectivity index (χ4n) is 5.59. The number of aromatic nitrogens is 4. The van der Waals surface area contributed by atoms with Crippen LogP contribution in [0.1, 0.15) is 30.1 Å². The molecular formula is C31H40N10O. The van der Waals surface area contributed by atoms with Crippen LogP contribution in [0.4, 0.5) is 28.8 Å². The van der Waals surface area contributed by atoms with Crippen LogP contribution in [0.2, 0.25) is 0 Å². The van der Waals surface area contributed by atoms with Crippen molar-refractivity contribution in [2.75, 3.05) is 79.9 Å². The van der Waals surface area contributed by atoms with Crippen LogP contribution in [0.3, 0.4) is 0 Å². The van der Waals surface area contributed by atoms with E-state index >= 15 is 0 Å². The van der Waals surface area contributed by atoms with E-state index < -0.39 is 0 Å². The van der Waals surface area contributed by atoms with Gasteiger partial charge in [-0.2, -0.15) is 4.98 Å². The van der Waals surface area contributed by atoms with Gasteiger partial charge in [0.15, 0.2) is 11.5 Å². The third kappa shape index (κ3) is 6.11. The number of benzene rings is 2. The minimum Gasteiger partial charge on any atom is -0.375 e. The van der Waals surface area contributed by atoms with Gasteiger partial charge in [0.05, 0.1) is 0 Å².